The van der Waals surface area contributed by atoms with E-state index in [0.717, 1.165) is 0 Å². The highest BCUT2D eigenvalue weighted by molar-refractivity contribution is 6.28. The lowest BCUT2D eigenvalue weighted by molar-refractivity contribution is -0.156. The lowest BCUT2D eigenvalue weighted by atomic mass is 9.84. The standard InChI is InChI=1S/C25H17NO7/c27-22(13-32-25(30)21-12-31-19-7-3-4-8-20(19)33-21)26-14-9-10-17-18(11-14)24(29)16-6-2-1-5-15(16)23(17)28/h1-11,21H,12-13H2,(H,26,27). The molecule has 1 unspecified atom stereocenters. The lowest BCUT2D eigenvalue weighted by Crippen LogP contribution is -2.39. The monoisotopic (exact) mass is 443 g/mol. The third-order valence-electron chi connectivity index (χ3n) is 5.33. The predicted molar refractivity (Wildman–Crippen MR) is 116 cm³/mol. The first-order chi connectivity index (χ1) is 16.0. The molecule has 0 radical (unpaired) electrons. The van der Waals surface area contributed by atoms with Gasteiger partial charge in [0.2, 0.25) is 6.10 Å². The van der Waals surface area contributed by atoms with Crippen molar-refractivity contribution in [2.24, 2.45) is 0 Å². The first-order valence-corrected chi connectivity index (χ1v) is 10.2. The van der Waals surface area contributed by atoms with Crippen molar-refractivity contribution in [2.75, 3.05) is 18.5 Å². The molecule has 1 heterocycles. The molecule has 2 aliphatic rings. The summed E-state index contributed by atoms with van der Waals surface area (Å²) in [5.41, 5.74) is 1.47. The molecule has 1 N–H and O–H groups in total. The van der Waals surface area contributed by atoms with E-state index in [4.69, 9.17) is 14.2 Å². The molecule has 0 aromatic heterocycles. The van der Waals surface area contributed by atoms with Gasteiger partial charge < -0.3 is 19.5 Å². The third-order valence-corrected chi connectivity index (χ3v) is 5.33. The topological polar surface area (TPSA) is 108 Å². The number of amides is 1. The number of hydrogen-bond donors (Lipinski definition) is 1. The summed E-state index contributed by atoms with van der Waals surface area (Å²) in [4.78, 5) is 50.0. The van der Waals surface area contributed by atoms with Crippen molar-refractivity contribution < 1.29 is 33.4 Å². The summed E-state index contributed by atoms with van der Waals surface area (Å²) in [7, 11) is 0. The van der Waals surface area contributed by atoms with Crippen molar-refractivity contribution in [1.29, 1.82) is 0 Å². The number of hydrogen-bond acceptors (Lipinski definition) is 7. The maximum Gasteiger partial charge on any atom is 0.351 e. The minimum absolute atomic E-state index is 0.0279. The minimum atomic E-state index is -0.986. The predicted octanol–water partition coefficient (Wildman–Crippen LogP) is 2.78. The minimum Gasteiger partial charge on any atom is -0.485 e. The Morgan fingerprint density at radius 2 is 1.48 bits per heavy atom. The Bertz CT molecular complexity index is 1310. The fourth-order valence-electron chi connectivity index (χ4n) is 3.74. The smallest absolute Gasteiger partial charge is 0.351 e. The van der Waals surface area contributed by atoms with E-state index < -0.39 is 24.6 Å². The van der Waals surface area contributed by atoms with Gasteiger partial charge in [0.15, 0.2) is 29.7 Å². The molecule has 0 saturated carbocycles. The van der Waals surface area contributed by atoms with Crippen molar-refractivity contribution in [3.63, 3.8) is 0 Å². The highest BCUT2D eigenvalue weighted by Gasteiger charge is 2.30. The molecule has 1 aliphatic heterocycles. The molecule has 0 spiro atoms. The van der Waals surface area contributed by atoms with Crippen LogP contribution in [0.5, 0.6) is 11.5 Å². The van der Waals surface area contributed by atoms with Gasteiger partial charge in [-0.25, -0.2) is 4.79 Å². The lowest BCUT2D eigenvalue weighted by Gasteiger charge is -2.24. The van der Waals surface area contributed by atoms with Crippen LogP contribution in [0.3, 0.4) is 0 Å². The van der Waals surface area contributed by atoms with Gasteiger partial charge in [-0.1, -0.05) is 36.4 Å². The molecule has 5 rings (SSSR count). The van der Waals surface area contributed by atoms with Crippen LogP contribution >= 0.6 is 0 Å². The molecular formula is C25H17NO7. The summed E-state index contributed by atoms with van der Waals surface area (Å²) < 4.78 is 16.1. The van der Waals surface area contributed by atoms with Gasteiger partial charge in [-0.05, 0) is 30.3 Å². The highest BCUT2D eigenvalue weighted by Crippen LogP contribution is 2.31. The summed E-state index contributed by atoms with van der Waals surface area (Å²) in [6.45, 7) is -0.576. The molecular weight excluding hydrogens is 426 g/mol. The van der Waals surface area contributed by atoms with E-state index in [-0.39, 0.29) is 29.3 Å². The molecule has 0 saturated heterocycles. The van der Waals surface area contributed by atoms with Gasteiger partial charge >= 0.3 is 5.97 Å². The molecule has 1 amide bonds. The second-order valence-corrected chi connectivity index (χ2v) is 7.48. The third kappa shape index (κ3) is 3.82. The zero-order valence-electron chi connectivity index (χ0n) is 17.2. The average Bonchev–Trinajstić information content (AvgIpc) is 2.85. The molecule has 0 bridgehead atoms. The van der Waals surface area contributed by atoms with Crippen molar-refractivity contribution in [2.45, 2.75) is 6.10 Å². The van der Waals surface area contributed by atoms with Crippen LogP contribution in [0.2, 0.25) is 0 Å². The molecule has 3 aromatic rings. The first-order valence-electron chi connectivity index (χ1n) is 10.2. The van der Waals surface area contributed by atoms with Gasteiger partial charge in [-0.2, -0.15) is 0 Å². The van der Waals surface area contributed by atoms with E-state index in [1.54, 1.807) is 48.5 Å². The fourth-order valence-corrected chi connectivity index (χ4v) is 3.74. The summed E-state index contributed by atoms with van der Waals surface area (Å²) >= 11 is 0. The highest BCUT2D eigenvalue weighted by atomic mass is 16.6. The number of anilines is 1. The molecule has 33 heavy (non-hydrogen) atoms. The first kappa shape index (κ1) is 20.4. The van der Waals surface area contributed by atoms with Crippen LogP contribution < -0.4 is 14.8 Å². The largest absolute Gasteiger partial charge is 0.485 e. The second-order valence-electron chi connectivity index (χ2n) is 7.48. The van der Waals surface area contributed by atoms with Crippen LogP contribution in [0.15, 0.2) is 66.7 Å². The second kappa shape index (κ2) is 8.23. The zero-order chi connectivity index (χ0) is 22.9. The van der Waals surface area contributed by atoms with Crippen molar-refractivity contribution >= 4 is 29.1 Å². The molecule has 8 heteroatoms. The van der Waals surface area contributed by atoms with E-state index in [1.807, 2.05) is 0 Å². The molecule has 3 aromatic carbocycles. The van der Waals surface area contributed by atoms with Crippen molar-refractivity contribution in [3.8, 4) is 11.5 Å². The Morgan fingerprint density at radius 3 is 2.24 bits per heavy atom. The number of carbonyl (C=O) groups excluding carboxylic acids is 4. The van der Waals surface area contributed by atoms with Gasteiger partial charge in [0.25, 0.3) is 5.91 Å². The number of fused-ring (bicyclic) bond motifs is 3. The van der Waals surface area contributed by atoms with E-state index in [9.17, 15) is 19.2 Å². The molecule has 0 fully saturated rings. The van der Waals surface area contributed by atoms with Crippen molar-refractivity contribution in [3.05, 3.63) is 89.0 Å². The van der Waals surface area contributed by atoms with Crippen LogP contribution in [-0.4, -0.2) is 42.8 Å². The zero-order valence-corrected chi connectivity index (χ0v) is 17.2. The molecule has 1 atom stereocenters. The number of esters is 1. The number of para-hydroxylation sites is 2. The Balaban J connectivity index is 1.22. The van der Waals surface area contributed by atoms with Crippen LogP contribution in [-0.2, 0) is 14.3 Å². The van der Waals surface area contributed by atoms with E-state index in [1.165, 1.54) is 18.2 Å². The quantitative estimate of drug-likeness (QED) is 0.483. The van der Waals surface area contributed by atoms with Gasteiger partial charge in [0.1, 0.15) is 6.61 Å². The van der Waals surface area contributed by atoms with Crippen LogP contribution in [0.4, 0.5) is 5.69 Å². The molecule has 8 nitrogen and oxygen atoms in total. The van der Waals surface area contributed by atoms with E-state index >= 15 is 0 Å². The Kier molecular flexibility index (Phi) is 5.10. The van der Waals surface area contributed by atoms with E-state index in [2.05, 4.69) is 5.32 Å². The number of ketones is 2. The van der Waals surface area contributed by atoms with Gasteiger partial charge in [0, 0.05) is 27.9 Å². The normalized spacial score (nSPS) is 15.8. The van der Waals surface area contributed by atoms with Gasteiger partial charge in [-0.15, -0.1) is 0 Å². The Labute approximate surface area is 188 Å². The van der Waals surface area contributed by atoms with Gasteiger partial charge in [-0.3, -0.25) is 14.4 Å². The number of rotatable bonds is 4. The molecule has 1 aliphatic carbocycles. The Hall–Kier alpha value is -4.46. The van der Waals surface area contributed by atoms with E-state index in [0.29, 0.717) is 28.3 Å². The maximum absolute atomic E-state index is 12.8. The summed E-state index contributed by atoms with van der Waals surface area (Å²) in [5.74, 6) is -0.925. The Morgan fingerprint density at radius 1 is 0.848 bits per heavy atom. The number of benzene rings is 3. The van der Waals surface area contributed by atoms with Crippen molar-refractivity contribution in [1.82, 2.24) is 0 Å². The number of nitrogens with one attached hydrogen (secondary N) is 1. The summed E-state index contributed by atoms with van der Waals surface area (Å²) in [6.07, 6.45) is -0.986. The summed E-state index contributed by atoms with van der Waals surface area (Å²) in [6, 6.07) is 18.0. The maximum atomic E-state index is 12.8. The fraction of sp³-hybridized carbons (Fsp3) is 0.120. The molecule has 164 valence electrons. The number of ether oxygens (including phenoxy) is 3. The summed E-state index contributed by atoms with van der Waals surface area (Å²) in [5, 5.41) is 2.57. The van der Waals surface area contributed by atoms with Crippen LogP contribution in [0, 0.1) is 0 Å². The van der Waals surface area contributed by atoms with Crippen LogP contribution in [0.1, 0.15) is 31.8 Å². The number of carbonyl (C=O) groups is 4. The SMILES string of the molecule is O=C(COC(=O)C1COc2ccccc2O1)Nc1ccc2c(c1)C(=O)c1ccccc1C2=O. The van der Waals surface area contributed by atoms with Crippen LogP contribution in [0.25, 0.3) is 0 Å². The average molecular weight is 443 g/mol. The van der Waals surface area contributed by atoms with Gasteiger partial charge in [0.05, 0.1) is 0 Å².